The second-order valence-corrected chi connectivity index (χ2v) is 5.58. The first-order chi connectivity index (χ1) is 9.43. The van der Waals surface area contributed by atoms with Crippen molar-refractivity contribution in [2.45, 2.75) is 20.0 Å². The number of aryl methyl sites for hydroxylation is 2. The van der Waals surface area contributed by atoms with Gasteiger partial charge in [-0.15, -0.1) is 0 Å². The summed E-state index contributed by atoms with van der Waals surface area (Å²) in [6.07, 6.45) is -0.743. The molecule has 2 rings (SSSR count). The Balaban J connectivity index is 2.42. The van der Waals surface area contributed by atoms with Crippen molar-refractivity contribution in [1.82, 2.24) is 0 Å². The molecule has 0 fully saturated rings. The van der Waals surface area contributed by atoms with Crippen molar-refractivity contribution in [1.29, 1.82) is 0 Å². The molecule has 1 unspecified atom stereocenters. The van der Waals surface area contributed by atoms with Crippen molar-refractivity contribution in [3.8, 4) is 5.75 Å². The fourth-order valence-electron chi connectivity index (χ4n) is 2.34. The molecule has 20 heavy (non-hydrogen) atoms. The molecule has 0 heterocycles. The molecule has 1 atom stereocenters. The molecule has 0 aromatic heterocycles. The van der Waals surface area contributed by atoms with Gasteiger partial charge in [0.25, 0.3) is 0 Å². The summed E-state index contributed by atoms with van der Waals surface area (Å²) in [5, 5.41) is 11.4. The molecule has 0 saturated carbocycles. The van der Waals surface area contributed by atoms with Crippen LogP contribution < -0.4 is 4.74 Å². The van der Waals surface area contributed by atoms with Crippen molar-refractivity contribution < 1.29 is 9.84 Å². The van der Waals surface area contributed by atoms with Crippen LogP contribution in [0.3, 0.4) is 0 Å². The van der Waals surface area contributed by atoms with Crippen LogP contribution in [-0.4, -0.2) is 12.2 Å². The molecular formula is C16H16Cl2O2. The molecular weight excluding hydrogens is 295 g/mol. The Bertz CT molecular complexity index is 615. The lowest BCUT2D eigenvalue weighted by molar-refractivity contribution is 0.220. The molecule has 4 heteroatoms. The van der Waals surface area contributed by atoms with E-state index in [1.807, 2.05) is 26.0 Å². The number of methoxy groups -OCH3 is 1. The zero-order valence-electron chi connectivity index (χ0n) is 11.6. The maximum absolute atomic E-state index is 10.5. The van der Waals surface area contributed by atoms with Gasteiger partial charge in [-0.3, -0.25) is 0 Å². The summed E-state index contributed by atoms with van der Waals surface area (Å²) in [5.74, 6) is 0.843. The van der Waals surface area contributed by atoms with Gasteiger partial charge >= 0.3 is 0 Å². The third-order valence-corrected chi connectivity index (χ3v) is 4.00. The molecule has 0 bridgehead atoms. The summed E-state index contributed by atoms with van der Waals surface area (Å²) in [6.45, 7) is 3.91. The van der Waals surface area contributed by atoms with Gasteiger partial charge in [0.05, 0.1) is 17.2 Å². The van der Waals surface area contributed by atoms with Crippen LogP contribution in [-0.2, 0) is 0 Å². The predicted molar refractivity (Wildman–Crippen MR) is 83.0 cm³/mol. The van der Waals surface area contributed by atoms with E-state index in [9.17, 15) is 5.11 Å². The summed E-state index contributed by atoms with van der Waals surface area (Å²) in [7, 11) is 1.64. The normalized spacial score (nSPS) is 12.3. The van der Waals surface area contributed by atoms with Crippen LogP contribution in [0.1, 0.15) is 28.4 Å². The van der Waals surface area contributed by atoms with Gasteiger partial charge in [-0.2, -0.15) is 0 Å². The fourth-order valence-corrected chi connectivity index (χ4v) is 2.65. The lowest BCUT2D eigenvalue weighted by Gasteiger charge is -2.16. The minimum atomic E-state index is -0.743. The molecule has 0 amide bonds. The van der Waals surface area contributed by atoms with Gasteiger partial charge in [0.2, 0.25) is 0 Å². The van der Waals surface area contributed by atoms with E-state index >= 15 is 0 Å². The van der Waals surface area contributed by atoms with Crippen LogP contribution >= 0.6 is 23.2 Å². The highest BCUT2D eigenvalue weighted by Crippen LogP contribution is 2.32. The summed E-state index contributed by atoms with van der Waals surface area (Å²) in [4.78, 5) is 0. The second kappa shape index (κ2) is 6.04. The van der Waals surface area contributed by atoms with Crippen molar-refractivity contribution in [2.75, 3.05) is 7.11 Å². The van der Waals surface area contributed by atoms with Gasteiger partial charge < -0.3 is 9.84 Å². The Kier molecular flexibility index (Phi) is 4.59. The number of hydrogen-bond donors (Lipinski definition) is 1. The minimum Gasteiger partial charge on any atom is -0.496 e. The van der Waals surface area contributed by atoms with Crippen LogP contribution in [0.25, 0.3) is 0 Å². The summed E-state index contributed by atoms with van der Waals surface area (Å²) >= 11 is 11.9. The SMILES string of the molecule is COc1c(C)cc(C(O)c2ccc(Cl)c(Cl)c2)cc1C. The van der Waals surface area contributed by atoms with Gasteiger partial charge in [0, 0.05) is 0 Å². The number of benzene rings is 2. The van der Waals surface area contributed by atoms with E-state index in [0.717, 1.165) is 22.4 Å². The van der Waals surface area contributed by atoms with Gasteiger partial charge in [-0.1, -0.05) is 29.3 Å². The molecule has 2 nitrogen and oxygen atoms in total. The topological polar surface area (TPSA) is 29.5 Å². The van der Waals surface area contributed by atoms with E-state index in [1.165, 1.54) is 0 Å². The van der Waals surface area contributed by atoms with E-state index in [4.69, 9.17) is 27.9 Å². The van der Waals surface area contributed by atoms with E-state index < -0.39 is 6.10 Å². The first kappa shape index (κ1) is 15.2. The second-order valence-electron chi connectivity index (χ2n) is 4.76. The maximum Gasteiger partial charge on any atom is 0.124 e. The van der Waals surface area contributed by atoms with Crippen LogP contribution in [0, 0.1) is 13.8 Å². The van der Waals surface area contributed by atoms with Crippen molar-refractivity contribution >= 4 is 23.2 Å². The molecule has 0 spiro atoms. The number of rotatable bonds is 3. The Morgan fingerprint density at radius 1 is 0.950 bits per heavy atom. The molecule has 2 aromatic rings. The number of ether oxygens (including phenoxy) is 1. The number of aliphatic hydroxyl groups excluding tert-OH is 1. The summed E-state index contributed by atoms with van der Waals surface area (Å²) in [5.41, 5.74) is 3.49. The first-order valence-electron chi connectivity index (χ1n) is 6.22. The van der Waals surface area contributed by atoms with E-state index in [-0.39, 0.29) is 0 Å². The van der Waals surface area contributed by atoms with Crippen molar-refractivity contribution in [3.63, 3.8) is 0 Å². The van der Waals surface area contributed by atoms with Gasteiger partial charge in [0.1, 0.15) is 11.9 Å². The number of halogens is 2. The molecule has 0 aliphatic heterocycles. The highest BCUT2D eigenvalue weighted by Gasteiger charge is 2.15. The highest BCUT2D eigenvalue weighted by atomic mass is 35.5. The largest absolute Gasteiger partial charge is 0.496 e. The lowest BCUT2D eigenvalue weighted by atomic mass is 9.97. The monoisotopic (exact) mass is 310 g/mol. The molecule has 1 N–H and O–H groups in total. The zero-order valence-corrected chi connectivity index (χ0v) is 13.1. The number of aliphatic hydroxyl groups is 1. The summed E-state index contributed by atoms with van der Waals surface area (Å²) in [6, 6.07) is 8.97. The van der Waals surface area contributed by atoms with Gasteiger partial charge in [-0.25, -0.2) is 0 Å². The van der Waals surface area contributed by atoms with Crippen molar-refractivity contribution in [3.05, 3.63) is 62.6 Å². The predicted octanol–water partition coefficient (Wildman–Crippen LogP) is 4.70. The van der Waals surface area contributed by atoms with Crippen molar-refractivity contribution in [2.24, 2.45) is 0 Å². The smallest absolute Gasteiger partial charge is 0.124 e. The van der Waals surface area contributed by atoms with Gasteiger partial charge in [0.15, 0.2) is 0 Å². The molecule has 0 aliphatic carbocycles. The summed E-state index contributed by atoms with van der Waals surface area (Å²) < 4.78 is 5.33. The minimum absolute atomic E-state index is 0.435. The average Bonchev–Trinajstić information content (AvgIpc) is 2.40. The Hall–Kier alpha value is -1.22. The van der Waals surface area contributed by atoms with Gasteiger partial charge in [-0.05, 0) is 60.4 Å². The third kappa shape index (κ3) is 2.93. The third-order valence-electron chi connectivity index (χ3n) is 3.26. The number of hydrogen-bond acceptors (Lipinski definition) is 2. The first-order valence-corrected chi connectivity index (χ1v) is 6.97. The van der Waals surface area contributed by atoms with E-state index in [0.29, 0.717) is 15.6 Å². The Labute approximate surface area is 128 Å². The molecule has 2 aromatic carbocycles. The van der Waals surface area contributed by atoms with E-state index in [2.05, 4.69) is 0 Å². The molecule has 0 aliphatic rings. The fraction of sp³-hybridized carbons (Fsp3) is 0.250. The van der Waals surface area contributed by atoms with Crippen LogP contribution in [0.5, 0.6) is 5.75 Å². The van der Waals surface area contributed by atoms with Crippen LogP contribution in [0.4, 0.5) is 0 Å². The average molecular weight is 311 g/mol. The zero-order chi connectivity index (χ0) is 14.9. The highest BCUT2D eigenvalue weighted by molar-refractivity contribution is 6.42. The quantitative estimate of drug-likeness (QED) is 0.890. The maximum atomic E-state index is 10.5. The van der Waals surface area contributed by atoms with E-state index in [1.54, 1.807) is 25.3 Å². The standard InChI is InChI=1S/C16H16Cl2O2/c1-9-6-12(7-10(2)16(9)20-3)15(19)11-4-5-13(17)14(18)8-11/h4-8,15,19H,1-3H3. The lowest BCUT2D eigenvalue weighted by Crippen LogP contribution is -2.02. The van der Waals surface area contributed by atoms with Crippen LogP contribution in [0.2, 0.25) is 10.0 Å². The Morgan fingerprint density at radius 3 is 2.05 bits per heavy atom. The molecule has 0 saturated heterocycles. The van der Waals surface area contributed by atoms with Crippen LogP contribution in [0.15, 0.2) is 30.3 Å². The molecule has 0 radical (unpaired) electrons. The Morgan fingerprint density at radius 2 is 1.55 bits per heavy atom. The molecule has 106 valence electrons.